The molecule has 0 saturated heterocycles. The molecule has 0 saturated carbocycles. The average Bonchev–Trinajstić information content (AvgIpc) is 3.04. The fraction of sp³-hybridized carbons (Fsp3) is 0.368. The van der Waals surface area contributed by atoms with Gasteiger partial charge in [-0.15, -0.1) is 0 Å². The molecular weight excluding hydrogens is 312 g/mol. The maximum absolute atomic E-state index is 4.78. The standard InChI is InChI=1S/C19H22N6/c1-13(14-7-4-3-5-8-14)22-18-16-12-21-25(2)19(16)24-17(23-18)15-9-6-10-20-11-15/h6-7,9-13H,3-5,8H2,1-2H3,(H,22,23,24). The van der Waals surface area contributed by atoms with Crippen LogP contribution in [0.3, 0.4) is 0 Å². The largest absolute Gasteiger partial charge is 0.363 e. The molecule has 0 aliphatic heterocycles. The van der Waals surface area contributed by atoms with E-state index in [1.165, 1.54) is 24.8 Å². The van der Waals surface area contributed by atoms with Crippen LogP contribution in [0, 0.1) is 0 Å². The molecule has 0 fully saturated rings. The molecular formula is C19H22N6. The van der Waals surface area contributed by atoms with Crippen LogP contribution in [0.4, 0.5) is 5.82 Å². The fourth-order valence-electron chi connectivity index (χ4n) is 3.31. The van der Waals surface area contributed by atoms with Gasteiger partial charge in [0, 0.05) is 31.0 Å². The highest BCUT2D eigenvalue weighted by Gasteiger charge is 2.17. The zero-order valence-electron chi connectivity index (χ0n) is 14.6. The third kappa shape index (κ3) is 3.12. The molecule has 4 rings (SSSR count). The summed E-state index contributed by atoms with van der Waals surface area (Å²) in [5.41, 5.74) is 3.18. The Labute approximate surface area is 147 Å². The molecule has 3 aromatic rings. The summed E-state index contributed by atoms with van der Waals surface area (Å²) in [6, 6.07) is 4.12. The quantitative estimate of drug-likeness (QED) is 0.736. The van der Waals surface area contributed by atoms with Gasteiger partial charge < -0.3 is 5.32 Å². The van der Waals surface area contributed by atoms with Crippen LogP contribution in [-0.4, -0.2) is 30.8 Å². The van der Waals surface area contributed by atoms with Gasteiger partial charge in [0.05, 0.1) is 11.6 Å². The van der Waals surface area contributed by atoms with E-state index in [-0.39, 0.29) is 6.04 Å². The number of fused-ring (bicyclic) bond motifs is 1. The molecule has 128 valence electrons. The van der Waals surface area contributed by atoms with Crippen LogP contribution < -0.4 is 5.32 Å². The summed E-state index contributed by atoms with van der Waals surface area (Å²) in [6.07, 6.45) is 12.6. The predicted octanol–water partition coefficient (Wildman–Crippen LogP) is 3.73. The van der Waals surface area contributed by atoms with Crippen LogP contribution in [0.5, 0.6) is 0 Å². The van der Waals surface area contributed by atoms with Gasteiger partial charge in [-0.2, -0.15) is 5.10 Å². The van der Waals surface area contributed by atoms with Crippen LogP contribution in [0.15, 0.2) is 42.4 Å². The summed E-state index contributed by atoms with van der Waals surface area (Å²) in [5, 5.41) is 8.88. The number of pyridine rings is 1. The van der Waals surface area contributed by atoms with Gasteiger partial charge in [-0.05, 0) is 44.7 Å². The van der Waals surface area contributed by atoms with Crippen molar-refractivity contribution in [3.05, 3.63) is 42.4 Å². The molecule has 0 aromatic carbocycles. The van der Waals surface area contributed by atoms with Crippen molar-refractivity contribution in [1.29, 1.82) is 0 Å². The summed E-state index contributed by atoms with van der Waals surface area (Å²) >= 11 is 0. The lowest BCUT2D eigenvalue weighted by Gasteiger charge is -2.21. The third-order valence-electron chi connectivity index (χ3n) is 4.75. The maximum Gasteiger partial charge on any atom is 0.165 e. The number of anilines is 1. The maximum atomic E-state index is 4.78. The van der Waals surface area contributed by atoms with Gasteiger partial charge >= 0.3 is 0 Å². The van der Waals surface area contributed by atoms with E-state index in [4.69, 9.17) is 4.98 Å². The van der Waals surface area contributed by atoms with Crippen molar-refractivity contribution >= 4 is 16.9 Å². The molecule has 1 N–H and O–H groups in total. The summed E-state index contributed by atoms with van der Waals surface area (Å²) in [5.74, 6) is 1.49. The van der Waals surface area contributed by atoms with Crippen molar-refractivity contribution < 1.29 is 0 Å². The molecule has 0 amide bonds. The van der Waals surface area contributed by atoms with Crippen molar-refractivity contribution in [2.24, 2.45) is 7.05 Å². The van der Waals surface area contributed by atoms with Crippen LogP contribution >= 0.6 is 0 Å². The first-order valence-electron chi connectivity index (χ1n) is 8.78. The molecule has 6 nitrogen and oxygen atoms in total. The first-order chi connectivity index (χ1) is 12.2. The molecule has 3 aromatic heterocycles. The van der Waals surface area contributed by atoms with Gasteiger partial charge in [-0.1, -0.05) is 11.6 Å². The van der Waals surface area contributed by atoms with Crippen molar-refractivity contribution in [1.82, 2.24) is 24.7 Å². The van der Waals surface area contributed by atoms with Crippen molar-refractivity contribution in [2.75, 3.05) is 5.32 Å². The van der Waals surface area contributed by atoms with Crippen LogP contribution in [0.25, 0.3) is 22.4 Å². The first-order valence-corrected chi connectivity index (χ1v) is 8.78. The summed E-state index contributed by atoms with van der Waals surface area (Å²) in [7, 11) is 1.90. The van der Waals surface area contributed by atoms with Crippen molar-refractivity contribution in [3.63, 3.8) is 0 Å². The Morgan fingerprint density at radius 1 is 1.20 bits per heavy atom. The van der Waals surface area contributed by atoms with E-state index in [0.717, 1.165) is 28.8 Å². The highest BCUT2D eigenvalue weighted by molar-refractivity contribution is 5.88. The average molecular weight is 334 g/mol. The molecule has 1 aliphatic carbocycles. The zero-order valence-corrected chi connectivity index (χ0v) is 14.6. The number of rotatable bonds is 4. The number of nitrogens with zero attached hydrogens (tertiary/aromatic N) is 5. The lowest BCUT2D eigenvalue weighted by atomic mass is 9.95. The summed E-state index contributed by atoms with van der Waals surface area (Å²) < 4.78 is 1.78. The number of hydrogen-bond donors (Lipinski definition) is 1. The summed E-state index contributed by atoms with van der Waals surface area (Å²) in [6.45, 7) is 2.20. The van der Waals surface area contributed by atoms with Crippen LogP contribution in [-0.2, 0) is 7.05 Å². The SMILES string of the molecule is CC(Nc1nc(-c2cccnc2)nc2c1cnn2C)C1=CCCCC1. The zero-order chi connectivity index (χ0) is 17.2. The van der Waals surface area contributed by atoms with E-state index in [1.54, 1.807) is 17.1 Å². The minimum Gasteiger partial charge on any atom is -0.363 e. The molecule has 1 atom stereocenters. The lowest BCUT2D eigenvalue weighted by molar-refractivity contribution is 0.665. The monoisotopic (exact) mass is 334 g/mol. The lowest BCUT2D eigenvalue weighted by Crippen LogP contribution is -2.20. The van der Waals surface area contributed by atoms with Gasteiger partial charge in [0.2, 0.25) is 0 Å². The highest BCUT2D eigenvalue weighted by Crippen LogP contribution is 2.27. The predicted molar refractivity (Wildman–Crippen MR) is 99.2 cm³/mol. The Morgan fingerprint density at radius 3 is 2.88 bits per heavy atom. The van der Waals surface area contributed by atoms with E-state index in [0.29, 0.717) is 5.82 Å². The number of aryl methyl sites for hydroxylation is 1. The second kappa shape index (κ2) is 6.63. The van der Waals surface area contributed by atoms with Crippen LogP contribution in [0.2, 0.25) is 0 Å². The smallest absolute Gasteiger partial charge is 0.165 e. The number of allylic oxidation sites excluding steroid dienone is 1. The molecule has 0 spiro atoms. The van der Waals surface area contributed by atoms with Gasteiger partial charge in [-0.25, -0.2) is 9.97 Å². The van der Waals surface area contributed by atoms with E-state index in [9.17, 15) is 0 Å². The topological polar surface area (TPSA) is 68.5 Å². The Hall–Kier alpha value is -2.76. The molecule has 1 aliphatic rings. The Morgan fingerprint density at radius 2 is 2.12 bits per heavy atom. The van der Waals surface area contributed by atoms with E-state index in [1.807, 2.05) is 25.4 Å². The fourth-order valence-corrected chi connectivity index (χ4v) is 3.31. The summed E-state index contributed by atoms with van der Waals surface area (Å²) in [4.78, 5) is 13.6. The van der Waals surface area contributed by atoms with E-state index >= 15 is 0 Å². The molecule has 6 heteroatoms. The van der Waals surface area contributed by atoms with E-state index in [2.05, 4.69) is 33.4 Å². The van der Waals surface area contributed by atoms with Crippen molar-refractivity contribution in [2.45, 2.75) is 38.6 Å². The van der Waals surface area contributed by atoms with Crippen LogP contribution in [0.1, 0.15) is 32.6 Å². The second-order valence-corrected chi connectivity index (χ2v) is 6.53. The number of nitrogens with one attached hydrogen (secondary N) is 1. The Balaban J connectivity index is 1.75. The van der Waals surface area contributed by atoms with Crippen molar-refractivity contribution in [3.8, 4) is 11.4 Å². The van der Waals surface area contributed by atoms with Gasteiger partial charge in [0.1, 0.15) is 5.82 Å². The highest BCUT2D eigenvalue weighted by atomic mass is 15.3. The minimum atomic E-state index is 0.250. The molecule has 25 heavy (non-hydrogen) atoms. The first kappa shape index (κ1) is 15.7. The Kier molecular flexibility index (Phi) is 4.17. The Bertz CT molecular complexity index is 912. The molecule has 3 heterocycles. The van der Waals surface area contributed by atoms with Gasteiger partial charge in [-0.3, -0.25) is 9.67 Å². The van der Waals surface area contributed by atoms with Gasteiger partial charge in [0.25, 0.3) is 0 Å². The molecule has 1 unspecified atom stereocenters. The second-order valence-electron chi connectivity index (χ2n) is 6.53. The molecule has 0 bridgehead atoms. The van der Waals surface area contributed by atoms with E-state index < -0.39 is 0 Å². The minimum absolute atomic E-state index is 0.250. The number of hydrogen-bond acceptors (Lipinski definition) is 5. The normalized spacial score (nSPS) is 15.8. The molecule has 0 radical (unpaired) electrons. The third-order valence-corrected chi connectivity index (χ3v) is 4.75. The van der Waals surface area contributed by atoms with Gasteiger partial charge in [0.15, 0.2) is 11.5 Å². The number of aromatic nitrogens is 5.